The van der Waals surface area contributed by atoms with Gasteiger partial charge in [0.2, 0.25) is 17.7 Å². The fourth-order valence-electron chi connectivity index (χ4n) is 3.58. The molecule has 1 saturated heterocycles. The summed E-state index contributed by atoms with van der Waals surface area (Å²) in [7, 11) is 0. The van der Waals surface area contributed by atoms with E-state index in [1.165, 1.54) is 11.8 Å². The second-order valence-electron chi connectivity index (χ2n) is 8.16. The van der Waals surface area contributed by atoms with Crippen molar-refractivity contribution in [2.75, 3.05) is 19.6 Å². The van der Waals surface area contributed by atoms with Gasteiger partial charge >= 0.3 is 5.97 Å². The molecule has 1 rings (SSSR count). The molecular weight excluding hydrogens is 432 g/mol. The molecule has 3 amide bonds. The highest BCUT2D eigenvalue weighted by Crippen LogP contribution is 2.19. The van der Waals surface area contributed by atoms with E-state index in [9.17, 15) is 24.3 Å². The third-order valence-corrected chi connectivity index (χ3v) is 5.44. The number of likely N-dealkylation sites (tertiary alicyclic amines) is 1. The highest BCUT2D eigenvalue weighted by Gasteiger charge is 2.37. The minimum atomic E-state index is -1.21. The number of amides is 3. The van der Waals surface area contributed by atoms with E-state index in [2.05, 4.69) is 15.6 Å². The molecule has 13 heteroatoms. The number of hydrogen-bond donors (Lipinski definition) is 7. The topological polar surface area (TPSA) is 232 Å². The molecule has 1 aliphatic heterocycles. The Balaban J connectivity index is 2.61. The quantitative estimate of drug-likeness (QED) is 0.0810. The predicted octanol–water partition coefficient (Wildman–Crippen LogP) is -2.44. The van der Waals surface area contributed by atoms with Crippen molar-refractivity contribution in [1.82, 2.24) is 15.5 Å². The standard InChI is InChI=1S/C20H38N8O5/c1-12(16(29)27-14(19(32)33)7-4-10-25-20(23)24)26-17(30)15-8-5-11-28(15)18(31)13(22)6-2-3-9-21/h12-15H,2-11,21-22H2,1H3,(H,26,30)(H,27,29)(H,32,33)(H4,23,24,25)/t12-,13+,14-,15-/m0/s1. The van der Waals surface area contributed by atoms with Gasteiger partial charge in [-0.3, -0.25) is 19.4 Å². The molecule has 0 aromatic carbocycles. The summed E-state index contributed by atoms with van der Waals surface area (Å²) in [5, 5.41) is 14.3. The molecule has 0 saturated carbocycles. The number of carbonyl (C=O) groups excluding carboxylic acids is 3. The van der Waals surface area contributed by atoms with E-state index in [0.717, 1.165) is 12.8 Å². The Morgan fingerprint density at radius 2 is 1.82 bits per heavy atom. The molecule has 1 aliphatic rings. The van der Waals surface area contributed by atoms with Gasteiger partial charge in [-0.1, -0.05) is 6.42 Å². The average Bonchev–Trinajstić information content (AvgIpc) is 3.24. The first kappa shape index (κ1) is 28.1. The molecule has 0 unspecified atom stereocenters. The van der Waals surface area contributed by atoms with E-state index in [0.29, 0.717) is 38.8 Å². The van der Waals surface area contributed by atoms with Crippen LogP contribution in [0.2, 0.25) is 0 Å². The van der Waals surface area contributed by atoms with Gasteiger partial charge in [-0.05, 0) is 52.0 Å². The van der Waals surface area contributed by atoms with E-state index < -0.39 is 42.0 Å². The zero-order chi connectivity index (χ0) is 25.0. The number of carboxylic acids is 1. The van der Waals surface area contributed by atoms with Gasteiger partial charge in [-0.2, -0.15) is 0 Å². The van der Waals surface area contributed by atoms with Crippen LogP contribution in [0.1, 0.15) is 51.9 Å². The van der Waals surface area contributed by atoms with Crippen LogP contribution in [0.15, 0.2) is 4.99 Å². The number of rotatable bonds is 14. The van der Waals surface area contributed by atoms with E-state index in [-0.39, 0.29) is 24.8 Å². The van der Waals surface area contributed by atoms with Crippen LogP contribution < -0.4 is 33.6 Å². The monoisotopic (exact) mass is 470 g/mol. The largest absolute Gasteiger partial charge is 0.480 e. The fraction of sp³-hybridized carbons (Fsp3) is 0.750. The minimum Gasteiger partial charge on any atom is -0.480 e. The number of hydrogen-bond acceptors (Lipinski definition) is 7. The van der Waals surface area contributed by atoms with Crippen LogP contribution in [0.4, 0.5) is 0 Å². The zero-order valence-corrected chi connectivity index (χ0v) is 19.2. The van der Waals surface area contributed by atoms with Gasteiger partial charge < -0.3 is 43.6 Å². The number of aliphatic carboxylic acids is 1. The van der Waals surface area contributed by atoms with E-state index in [1.54, 1.807) is 0 Å². The van der Waals surface area contributed by atoms with E-state index in [4.69, 9.17) is 22.9 Å². The third kappa shape index (κ3) is 9.61. The van der Waals surface area contributed by atoms with E-state index >= 15 is 0 Å². The molecule has 1 fully saturated rings. The summed E-state index contributed by atoms with van der Waals surface area (Å²) in [4.78, 5) is 54.6. The Hall–Kier alpha value is -2.93. The number of guanidine groups is 1. The molecule has 0 radical (unpaired) electrons. The number of nitrogens with one attached hydrogen (secondary N) is 2. The lowest BCUT2D eigenvalue weighted by molar-refractivity contribution is -0.143. The average molecular weight is 471 g/mol. The normalized spacial score (nSPS) is 18.2. The van der Waals surface area contributed by atoms with Crippen molar-refractivity contribution in [3.8, 4) is 0 Å². The molecule has 1 heterocycles. The number of carboxylic acid groups (broad SMARTS) is 1. The summed E-state index contributed by atoms with van der Waals surface area (Å²) in [6.07, 6.45) is 3.55. The number of nitrogens with two attached hydrogens (primary N) is 4. The summed E-state index contributed by atoms with van der Waals surface area (Å²) < 4.78 is 0. The van der Waals surface area contributed by atoms with Gasteiger partial charge in [0.05, 0.1) is 6.04 Å². The second-order valence-corrected chi connectivity index (χ2v) is 8.16. The molecular formula is C20H38N8O5. The molecule has 0 aliphatic carbocycles. The lowest BCUT2D eigenvalue weighted by Crippen LogP contribution is -2.55. The van der Waals surface area contributed by atoms with Gasteiger partial charge in [0.1, 0.15) is 18.1 Å². The third-order valence-electron chi connectivity index (χ3n) is 5.44. The minimum absolute atomic E-state index is 0.0989. The number of aliphatic imine (C=N–C) groups is 1. The summed E-state index contributed by atoms with van der Waals surface area (Å²) in [6, 6.07) is -3.57. The zero-order valence-electron chi connectivity index (χ0n) is 19.2. The molecule has 11 N–H and O–H groups in total. The van der Waals surface area contributed by atoms with Crippen LogP contribution in [-0.2, 0) is 19.2 Å². The lowest BCUT2D eigenvalue weighted by atomic mass is 10.1. The van der Waals surface area contributed by atoms with Crippen molar-refractivity contribution in [2.24, 2.45) is 27.9 Å². The smallest absolute Gasteiger partial charge is 0.326 e. The maximum atomic E-state index is 12.8. The molecule has 0 spiro atoms. The maximum absolute atomic E-state index is 12.8. The van der Waals surface area contributed by atoms with Crippen molar-refractivity contribution in [3.63, 3.8) is 0 Å². The molecule has 33 heavy (non-hydrogen) atoms. The summed E-state index contributed by atoms with van der Waals surface area (Å²) in [5.41, 5.74) is 21.9. The number of carbonyl (C=O) groups is 4. The van der Waals surface area contributed by atoms with Crippen LogP contribution >= 0.6 is 0 Å². The highest BCUT2D eigenvalue weighted by atomic mass is 16.4. The predicted molar refractivity (Wildman–Crippen MR) is 123 cm³/mol. The maximum Gasteiger partial charge on any atom is 0.326 e. The van der Waals surface area contributed by atoms with Crippen molar-refractivity contribution in [3.05, 3.63) is 0 Å². The Bertz CT molecular complexity index is 713. The highest BCUT2D eigenvalue weighted by molar-refractivity contribution is 5.94. The fourth-order valence-corrected chi connectivity index (χ4v) is 3.58. The van der Waals surface area contributed by atoms with Crippen molar-refractivity contribution < 1.29 is 24.3 Å². The first-order valence-corrected chi connectivity index (χ1v) is 11.2. The Morgan fingerprint density at radius 1 is 1.12 bits per heavy atom. The molecule has 13 nitrogen and oxygen atoms in total. The first-order valence-electron chi connectivity index (χ1n) is 11.2. The number of nitrogens with zero attached hydrogens (tertiary/aromatic N) is 2. The molecule has 4 atom stereocenters. The van der Waals surface area contributed by atoms with Crippen LogP contribution in [0.3, 0.4) is 0 Å². The van der Waals surface area contributed by atoms with Gasteiger partial charge in [0.25, 0.3) is 0 Å². The van der Waals surface area contributed by atoms with Crippen molar-refractivity contribution in [1.29, 1.82) is 0 Å². The Kier molecular flexibility index (Phi) is 12.1. The summed E-state index contributed by atoms with van der Waals surface area (Å²) in [5.74, 6) is -2.72. The molecule has 0 aromatic heterocycles. The van der Waals surface area contributed by atoms with Crippen LogP contribution in [0, 0.1) is 0 Å². The van der Waals surface area contributed by atoms with Crippen LogP contribution in [0.5, 0.6) is 0 Å². The molecule has 0 aromatic rings. The van der Waals surface area contributed by atoms with Crippen molar-refractivity contribution in [2.45, 2.75) is 76.0 Å². The number of unbranched alkanes of at least 4 members (excludes halogenated alkanes) is 1. The molecule has 0 bridgehead atoms. The second kappa shape index (κ2) is 14.3. The SMILES string of the molecule is C[C@H](NC(=O)[C@@H]1CCCN1C(=O)[C@H](N)CCCCN)C(=O)N[C@@H](CCCN=C(N)N)C(=O)O. The van der Waals surface area contributed by atoms with Crippen molar-refractivity contribution >= 4 is 29.7 Å². The Morgan fingerprint density at radius 3 is 2.42 bits per heavy atom. The summed E-state index contributed by atoms with van der Waals surface area (Å²) in [6.45, 7) is 2.62. The first-order chi connectivity index (χ1) is 15.6. The lowest BCUT2D eigenvalue weighted by Gasteiger charge is -2.28. The van der Waals surface area contributed by atoms with E-state index in [1.807, 2.05) is 0 Å². The summed E-state index contributed by atoms with van der Waals surface area (Å²) >= 11 is 0. The van der Waals surface area contributed by atoms with Crippen LogP contribution in [-0.4, -0.2) is 83.5 Å². The van der Waals surface area contributed by atoms with Gasteiger partial charge in [-0.25, -0.2) is 4.79 Å². The Labute approximate surface area is 193 Å². The van der Waals surface area contributed by atoms with Gasteiger partial charge in [-0.15, -0.1) is 0 Å². The molecule has 188 valence electrons. The van der Waals surface area contributed by atoms with Gasteiger partial charge in [0.15, 0.2) is 5.96 Å². The van der Waals surface area contributed by atoms with Crippen LogP contribution in [0.25, 0.3) is 0 Å². The van der Waals surface area contributed by atoms with Gasteiger partial charge in [0, 0.05) is 13.1 Å².